The molecule has 0 fully saturated rings. The first kappa shape index (κ1) is 18.9. The number of nitrogens with two attached hydrogens (primary N) is 2. The van der Waals surface area contributed by atoms with Gasteiger partial charge in [-0.15, -0.1) is 0 Å². The Morgan fingerprint density at radius 1 is 1.04 bits per heavy atom. The zero-order valence-corrected chi connectivity index (χ0v) is 15.1. The van der Waals surface area contributed by atoms with E-state index in [2.05, 4.69) is 10.4 Å². The van der Waals surface area contributed by atoms with E-state index in [1.165, 1.54) is 19.1 Å². The molecule has 6 nitrogen and oxygen atoms in total. The summed E-state index contributed by atoms with van der Waals surface area (Å²) in [6.07, 6.45) is 0. The minimum Gasteiger partial charge on any atom is -0.507 e. The highest BCUT2D eigenvalue weighted by atomic mass is 19.1. The van der Waals surface area contributed by atoms with Gasteiger partial charge in [-0.25, -0.2) is 4.39 Å². The van der Waals surface area contributed by atoms with E-state index < -0.39 is 5.82 Å². The number of hydrogen-bond acceptors (Lipinski definition) is 4. The number of carbonyl (C=O) groups excluding carboxylic acids is 1. The molecule has 0 saturated carbocycles. The monoisotopic (exact) mass is 378 g/mol. The third-order valence-corrected chi connectivity index (χ3v) is 4.24. The summed E-state index contributed by atoms with van der Waals surface area (Å²) in [5, 5.41) is 16.7. The average molecular weight is 378 g/mol. The number of amidine groups is 1. The van der Waals surface area contributed by atoms with Gasteiger partial charge in [-0.3, -0.25) is 4.79 Å². The highest BCUT2D eigenvalue weighted by molar-refractivity contribution is 5.98. The lowest BCUT2D eigenvalue weighted by Crippen LogP contribution is -2.15. The molecule has 0 atom stereocenters. The fourth-order valence-electron chi connectivity index (χ4n) is 2.90. The van der Waals surface area contributed by atoms with Crippen LogP contribution in [0.3, 0.4) is 0 Å². The van der Waals surface area contributed by atoms with Gasteiger partial charge in [-0.2, -0.15) is 5.10 Å². The van der Waals surface area contributed by atoms with E-state index in [0.717, 1.165) is 0 Å². The number of nitrogens with one attached hydrogen (secondary N) is 1. The van der Waals surface area contributed by atoms with Crippen molar-refractivity contribution in [1.29, 1.82) is 0 Å². The van der Waals surface area contributed by atoms with Gasteiger partial charge in [-0.1, -0.05) is 42.5 Å². The summed E-state index contributed by atoms with van der Waals surface area (Å²) in [5.74, 6) is 4.44. The Bertz CT molecular complexity index is 1080. The van der Waals surface area contributed by atoms with E-state index >= 15 is 0 Å². The van der Waals surface area contributed by atoms with Gasteiger partial charge in [0.1, 0.15) is 17.4 Å². The molecule has 0 heterocycles. The Balaban J connectivity index is 2.05. The molecule has 6 N–H and O–H groups in total. The van der Waals surface area contributed by atoms with Crippen LogP contribution in [0, 0.1) is 5.82 Å². The van der Waals surface area contributed by atoms with Gasteiger partial charge in [0, 0.05) is 23.6 Å². The summed E-state index contributed by atoms with van der Waals surface area (Å²) in [7, 11) is 0. The van der Waals surface area contributed by atoms with Crippen LogP contribution < -0.4 is 16.9 Å². The molecule has 7 heteroatoms. The van der Waals surface area contributed by atoms with Crippen molar-refractivity contribution in [3.05, 3.63) is 72.0 Å². The minimum absolute atomic E-state index is 0.00501. The van der Waals surface area contributed by atoms with Crippen molar-refractivity contribution in [3.8, 4) is 28.0 Å². The predicted octanol–water partition coefficient (Wildman–Crippen LogP) is 3.40. The zero-order chi connectivity index (χ0) is 20.3. The van der Waals surface area contributed by atoms with E-state index in [9.17, 15) is 14.3 Å². The number of phenols is 1. The van der Waals surface area contributed by atoms with E-state index in [-0.39, 0.29) is 23.2 Å². The van der Waals surface area contributed by atoms with Gasteiger partial charge in [0.15, 0.2) is 0 Å². The van der Waals surface area contributed by atoms with Crippen LogP contribution >= 0.6 is 0 Å². The third kappa shape index (κ3) is 3.78. The molecule has 0 saturated heterocycles. The van der Waals surface area contributed by atoms with Gasteiger partial charge in [0.2, 0.25) is 5.91 Å². The number of benzene rings is 3. The van der Waals surface area contributed by atoms with E-state index in [1.807, 2.05) is 6.07 Å². The number of rotatable bonds is 4. The van der Waals surface area contributed by atoms with Crippen LogP contribution in [0.5, 0.6) is 5.75 Å². The maximum atomic E-state index is 14.3. The van der Waals surface area contributed by atoms with Crippen LogP contribution in [-0.2, 0) is 4.79 Å². The topological polar surface area (TPSA) is 114 Å². The molecular formula is C21H19FN4O2. The zero-order valence-electron chi connectivity index (χ0n) is 15.1. The van der Waals surface area contributed by atoms with E-state index in [1.54, 1.807) is 42.5 Å². The largest absolute Gasteiger partial charge is 0.507 e. The Kier molecular flexibility index (Phi) is 5.26. The quantitative estimate of drug-likeness (QED) is 0.241. The Hall–Kier alpha value is -3.87. The second-order valence-corrected chi connectivity index (χ2v) is 6.17. The van der Waals surface area contributed by atoms with Crippen LogP contribution in [-0.4, -0.2) is 16.8 Å². The molecule has 3 rings (SSSR count). The van der Waals surface area contributed by atoms with E-state index in [0.29, 0.717) is 27.8 Å². The highest BCUT2D eigenvalue weighted by Crippen LogP contribution is 2.38. The Labute approximate surface area is 161 Å². The lowest BCUT2D eigenvalue weighted by atomic mass is 9.96. The van der Waals surface area contributed by atoms with Crippen molar-refractivity contribution in [2.75, 3.05) is 5.32 Å². The van der Waals surface area contributed by atoms with Crippen molar-refractivity contribution in [1.82, 2.24) is 0 Å². The Morgan fingerprint density at radius 3 is 2.29 bits per heavy atom. The standard InChI is InChI=1S/C21H19FN4O2/c1-12(27)25-19-9-8-14(11-18(19)22)17-7-3-6-16(20(17)28)13-4-2-5-15(10-13)21(23)26-24/h2-11,28H,24H2,1H3,(H2,23,26)(H,25,27). The summed E-state index contributed by atoms with van der Waals surface area (Å²) in [5.41, 5.74) is 8.65. The summed E-state index contributed by atoms with van der Waals surface area (Å²) in [6, 6.07) is 16.6. The van der Waals surface area contributed by atoms with Gasteiger partial charge in [-0.05, 0) is 29.3 Å². The number of hydrogen-bond donors (Lipinski definition) is 4. The molecule has 0 bridgehead atoms. The third-order valence-electron chi connectivity index (χ3n) is 4.24. The van der Waals surface area contributed by atoms with Crippen LogP contribution in [0.2, 0.25) is 0 Å². The number of carbonyl (C=O) groups is 1. The minimum atomic E-state index is -0.591. The lowest BCUT2D eigenvalue weighted by Gasteiger charge is -2.12. The molecule has 3 aromatic rings. The second kappa shape index (κ2) is 7.79. The molecule has 0 aliphatic heterocycles. The maximum Gasteiger partial charge on any atom is 0.221 e. The van der Waals surface area contributed by atoms with Crippen LogP contribution in [0.4, 0.5) is 10.1 Å². The Morgan fingerprint density at radius 2 is 1.68 bits per heavy atom. The van der Waals surface area contributed by atoms with Gasteiger partial charge in [0.05, 0.1) is 5.69 Å². The number of nitrogens with zero attached hydrogens (tertiary/aromatic N) is 1. The van der Waals surface area contributed by atoms with Gasteiger partial charge in [0.25, 0.3) is 0 Å². The number of aromatic hydroxyl groups is 1. The SMILES string of the molecule is CC(=O)Nc1ccc(-c2cccc(-c3cccc(/C(N)=N/N)c3)c2O)cc1F. The second-order valence-electron chi connectivity index (χ2n) is 6.17. The van der Waals surface area contributed by atoms with Crippen LogP contribution in [0.25, 0.3) is 22.3 Å². The van der Waals surface area contributed by atoms with Crippen LogP contribution in [0.1, 0.15) is 12.5 Å². The first-order valence-electron chi connectivity index (χ1n) is 8.44. The highest BCUT2D eigenvalue weighted by Gasteiger charge is 2.14. The van der Waals surface area contributed by atoms with Gasteiger partial charge >= 0.3 is 0 Å². The number of anilines is 1. The number of halogens is 1. The number of hydrazone groups is 1. The molecular weight excluding hydrogens is 359 g/mol. The summed E-state index contributed by atoms with van der Waals surface area (Å²) in [6.45, 7) is 1.30. The smallest absolute Gasteiger partial charge is 0.221 e. The fourth-order valence-corrected chi connectivity index (χ4v) is 2.90. The van der Waals surface area contributed by atoms with E-state index in [4.69, 9.17) is 11.6 Å². The van der Waals surface area contributed by atoms with Crippen molar-refractivity contribution < 1.29 is 14.3 Å². The first-order valence-corrected chi connectivity index (χ1v) is 8.44. The molecule has 3 aromatic carbocycles. The summed E-state index contributed by atoms with van der Waals surface area (Å²) < 4.78 is 14.3. The molecule has 0 unspecified atom stereocenters. The van der Waals surface area contributed by atoms with Gasteiger partial charge < -0.3 is 22.0 Å². The van der Waals surface area contributed by atoms with Crippen molar-refractivity contribution in [3.63, 3.8) is 0 Å². The first-order chi connectivity index (χ1) is 13.4. The molecule has 0 radical (unpaired) electrons. The van der Waals surface area contributed by atoms with Crippen molar-refractivity contribution in [2.24, 2.45) is 16.7 Å². The normalized spacial score (nSPS) is 11.3. The number of phenolic OH excluding ortho intramolecular Hbond substituents is 1. The maximum absolute atomic E-state index is 14.3. The summed E-state index contributed by atoms with van der Waals surface area (Å²) >= 11 is 0. The molecule has 1 amide bonds. The van der Waals surface area contributed by atoms with Crippen molar-refractivity contribution >= 4 is 17.4 Å². The number of amides is 1. The summed E-state index contributed by atoms with van der Waals surface area (Å²) in [4.78, 5) is 11.1. The lowest BCUT2D eigenvalue weighted by molar-refractivity contribution is -0.114. The molecule has 0 spiro atoms. The molecule has 0 aromatic heterocycles. The molecule has 28 heavy (non-hydrogen) atoms. The van der Waals surface area contributed by atoms with Crippen LogP contribution in [0.15, 0.2) is 65.8 Å². The molecule has 0 aliphatic carbocycles. The number of para-hydroxylation sites is 1. The van der Waals surface area contributed by atoms with Crippen molar-refractivity contribution in [2.45, 2.75) is 6.92 Å². The molecule has 142 valence electrons. The fraction of sp³-hybridized carbons (Fsp3) is 0.0476. The predicted molar refractivity (Wildman–Crippen MR) is 108 cm³/mol. The average Bonchev–Trinajstić information content (AvgIpc) is 2.69. The molecule has 0 aliphatic rings.